The van der Waals surface area contributed by atoms with E-state index in [1.165, 1.54) is 0 Å². The Kier molecular flexibility index (Phi) is 1.83. The molecule has 0 saturated heterocycles. The molecule has 2 rings (SSSR count). The van der Waals surface area contributed by atoms with Crippen LogP contribution in [0.15, 0.2) is 0 Å². The van der Waals surface area contributed by atoms with E-state index in [1.54, 1.807) is 18.8 Å². The summed E-state index contributed by atoms with van der Waals surface area (Å²) in [5.74, 6) is 1.05. The van der Waals surface area contributed by atoms with Crippen LogP contribution in [0.3, 0.4) is 0 Å². The zero-order valence-electron chi connectivity index (χ0n) is 7.78. The molecule has 0 aliphatic heterocycles. The van der Waals surface area contributed by atoms with Crippen LogP contribution >= 0.6 is 0 Å². The van der Waals surface area contributed by atoms with Crippen molar-refractivity contribution in [1.29, 1.82) is 0 Å². The lowest BCUT2D eigenvalue weighted by atomic mass is 10.2. The maximum Gasteiger partial charge on any atom is 0.222 e. The molecule has 1 aromatic heterocycles. The Morgan fingerprint density at radius 3 is 2.77 bits per heavy atom. The van der Waals surface area contributed by atoms with E-state index in [0.29, 0.717) is 17.4 Å². The molecule has 13 heavy (non-hydrogen) atoms. The number of nitrogens with zero attached hydrogens (tertiary/aromatic N) is 2. The van der Waals surface area contributed by atoms with Crippen molar-refractivity contribution in [2.75, 3.05) is 7.11 Å². The third kappa shape index (κ3) is 1.22. The highest BCUT2D eigenvalue weighted by Crippen LogP contribution is 2.42. The highest BCUT2D eigenvalue weighted by Gasteiger charge is 2.31. The smallest absolute Gasteiger partial charge is 0.222 e. The number of aryl methyl sites for hydroxylation is 1. The van der Waals surface area contributed by atoms with Gasteiger partial charge in [-0.3, -0.25) is 4.79 Å². The summed E-state index contributed by atoms with van der Waals surface area (Å²) < 4.78 is 6.72. The third-order valence-electron chi connectivity index (χ3n) is 2.33. The Bertz CT molecular complexity index is 340. The molecule has 0 N–H and O–H groups in total. The van der Waals surface area contributed by atoms with Crippen molar-refractivity contribution in [2.24, 2.45) is 7.05 Å². The summed E-state index contributed by atoms with van der Waals surface area (Å²) >= 11 is 0. The Hall–Kier alpha value is -1.32. The van der Waals surface area contributed by atoms with Gasteiger partial charge in [0, 0.05) is 13.0 Å². The van der Waals surface area contributed by atoms with Crippen molar-refractivity contribution < 1.29 is 9.53 Å². The first kappa shape index (κ1) is 8.29. The van der Waals surface area contributed by atoms with Crippen LogP contribution in [0.25, 0.3) is 0 Å². The Morgan fingerprint density at radius 2 is 2.31 bits per heavy atom. The number of methoxy groups -OCH3 is 1. The molecular weight excluding hydrogens is 168 g/mol. The summed E-state index contributed by atoms with van der Waals surface area (Å²) in [6.45, 7) is 0. The summed E-state index contributed by atoms with van der Waals surface area (Å²) in [6, 6.07) is 0. The molecule has 1 aromatic rings. The topological polar surface area (TPSA) is 44.1 Å². The van der Waals surface area contributed by atoms with E-state index >= 15 is 0 Å². The highest BCUT2D eigenvalue weighted by atomic mass is 16.5. The Labute approximate surface area is 76.5 Å². The first-order valence-electron chi connectivity index (χ1n) is 4.34. The fourth-order valence-electron chi connectivity index (χ4n) is 1.56. The van der Waals surface area contributed by atoms with Crippen LogP contribution in [0.1, 0.15) is 34.8 Å². The van der Waals surface area contributed by atoms with Crippen LogP contribution in [0, 0.1) is 0 Å². The SMILES string of the molecule is COc1c(C=O)c(C2CC2)nn1C. The van der Waals surface area contributed by atoms with E-state index in [9.17, 15) is 4.79 Å². The molecule has 1 fully saturated rings. The maximum atomic E-state index is 10.8. The van der Waals surface area contributed by atoms with Gasteiger partial charge in [0.15, 0.2) is 6.29 Å². The van der Waals surface area contributed by atoms with E-state index in [2.05, 4.69) is 5.10 Å². The molecule has 70 valence electrons. The lowest BCUT2D eigenvalue weighted by Crippen LogP contribution is -1.96. The average molecular weight is 180 g/mol. The monoisotopic (exact) mass is 180 g/mol. The van der Waals surface area contributed by atoms with Gasteiger partial charge in [0.2, 0.25) is 5.88 Å². The number of rotatable bonds is 3. The first-order chi connectivity index (χ1) is 6.27. The molecule has 1 aliphatic carbocycles. The summed E-state index contributed by atoms with van der Waals surface area (Å²) in [5.41, 5.74) is 1.52. The molecule has 1 aliphatic rings. The fourth-order valence-corrected chi connectivity index (χ4v) is 1.56. The fraction of sp³-hybridized carbons (Fsp3) is 0.556. The van der Waals surface area contributed by atoms with Gasteiger partial charge in [-0.05, 0) is 12.8 Å². The number of hydrogen-bond acceptors (Lipinski definition) is 3. The average Bonchev–Trinajstić information content (AvgIpc) is 2.90. The van der Waals surface area contributed by atoms with Gasteiger partial charge in [0.1, 0.15) is 0 Å². The van der Waals surface area contributed by atoms with Crippen molar-refractivity contribution in [3.63, 3.8) is 0 Å². The molecule has 1 saturated carbocycles. The van der Waals surface area contributed by atoms with E-state index in [1.807, 2.05) is 0 Å². The quantitative estimate of drug-likeness (QED) is 0.655. The zero-order valence-corrected chi connectivity index (χ0v) is 7.78. The molecule has 4 nitrogen and oxygen atoms in total. The van der Waals surface area contributed by atoms with Gasteiger partial charge in [-0.25, -0.2) is 4.68 Å². The van der Waals surface area contributed by atoms with Gasteiger partial charge in [0.05, 0.1) is 18.4 Å². The lowest BCUT2D eigenvalue weighted by molar-refractivity contribution is 0.111. The Balaban J connectivity index is 2.49. The van der Waals surface area contributed by atoms with Gasteiger partial charge < -0.3 is 4.74 Å². The molecule has 0 unspecified atom stereocenters. The minimum Gasteiger partial charge on any atom is -0.481 e. The lowest BCUT2D eigenvalue weighted by Gasteiger charge is -1.98. The number of hydrogen-bond donors (Lipinski definition) is 0. The number of carbonyl (C=O) groups excluding carboxylic acids is 1. The van der Waals surface area contributed by atoms with Crippen molar-refractivity contribution in [3.05, 3.63) is 11.3 Å². The molecule has 0 aromatic carbocycles. The number of aromatic nitrogens is 2. The van der Waals surface area contributed by atoms with Crippen LogP contribution in [0.5, 0.6) is 5.88 Å². The number of aldehydes is 1. The second-order valence-electron chi connectivity index (χ2n) is 3.32. The second kappa shape index (κ2) is 2.87. The van der Waals surface area contributed by atoms with Crippen molar-refractivity contribution in [2.45, 2.75) is 18.8 Å². The predicted molar refractivity (Wildman–Crippen MR) is 47.1 cm³/mol. The van der Waals surface area contributed by atoms with E-state index in [-0.39, 0.29) is 0 Å². The van der Waals surface area contributed by atoms with Gasteiger partial charge in [0.25, 0.3) is 0 Å². The van der Waals surface area contributed by atoms with E-state index in [4.69, 9.17) is 4.74 Å². The van der Waals surface area contributed by atoms with Gasteiger partial charge in [-0.2, -0.15) is 5.10 Å². The van der Waals surface area contributed by atoms with Crippen molar-refractivity contribution >= 4 is 6.29 Å². The van der Waals surface area contributed by atoms with Crippen molar-refractivity contribution in [1.82, 2.24) is 9.78 Å². The molecule has 1 heterocycles. The van der Waals surface area contributed by atoms with Crippen LogP contribution in [-0.4, -0.2) is 23.2 Å². The maximum absolute atomic E-state index is 10.8. The molecule has 0 spiro atoms. The van der Waals surface area contributed by atoms with E-state index in [0.717, 1.165) is 24.8 Å². The number of ether oxygens (including phenoxy) is 1. The van der Waals surface area contributed by atoms with Crippen LogP contribution in [-0.2, 0) is 7.05 Å². The molecule has 0 bridgehead atoms. The largest absolute Gasteiger partial charge is 0.481 e. The van der Waals surface area contributed by atoms with Gasteiger partial charge in [-0.15, -0.1) is 0 Å². The van der Waals surface area contributed by atoms with Crippen molar-refractivity contribution in [3.8, 4) is 5.88 Å². The zero-order chi connectivity index (χ0) is 9.42. The predicted octanol–water partition coefficient (Wildman–Crippen LogP) is 1.12. The van der Waals surface area contributed by atoms with Crippen LogP contribution in [0.2, 0.25) is 0 Å². The summed E-state index contributed by atoms with van der Waals surface area (Å²) in [4.78, 5) is 10.8. The van der Waals surface area contributed by atoms with Crippen LogP contribution < -0.4 is 4.74 Å². The molecule has 0 amide bonds. The summed E-state index contributed by atoms with van der Waals surface area (Å²) in [5, 5.41) is 4.27. The normalized spacial score (nSPS) is 15.8. The minimum absolute atomic E-state index is 0.482. The minimum atomic E-state index is 0.482. The molecule has 0 radical (unpaired) electrons. The second-order valence-corrected chi connectivity index (χ2v) is 3.32. The molecule has 0 atom stereocenters. The molecule has 4 heteroatoms. The third-order valence-corrected chi connectivity index (χ3v) is 2.33. The first-order valence-corrected chi connectivity index (χ1v) is 4.34. The number of carbonyl (C=O) groups is 1. The van der Waals surface area contributed by atoms with Gasteiger partial charge in [-0.1, -0.05) is 0 Å². The van der Waals surface area contributed by atoms with E-state index < -0.39 is 0 Å². The van der Waals surface area contributed by atoms with Gasteiger partial charge >= 0.3 is 0 Å². The summed E-state index contributed by atoms with van der Waals surface area (Å²) in [7, 11) is 3.35. The van der Waals surface area contributed by atoms with Crippen LogP contribution in [0.4, 0.5) is 0 Å². The standard InChI is InChI=1S/C9H12N2O2/c1-11-9(13-2)7(5-12)8(10-11)6-3-4-6/h5-6H,3-4H2,1-2H3. The summed E-state index contributed by atoms with van der Waals surface area (Å²) in [6.07, 6.45) is 3.11. The highest BCUT2D eigenvalue weighted by molar-refractivity contribution is 5.80. The Morgan fingerprint density at radius 1 is 1.62 bits per heavy atom. The molecular formula is C9H12N2O2.